The van der Waals surface area contributed by atoms with E-state index in [4.69, 9.17) is 9.31 Å². The van der Waals surface area contributed by atoms with Gasteiger partial charge < -0.3 is 9.31 Å². The van der Waals surface area contributed by atoms with Gasteiger partial charge in [-0.15, -0.1) is 0 Å². The highest BCUT2D eigenvalue weighted by molar-refractivity contribution is 6.81. The van der Waals surface area contributed by atoms with Crippen LogP contribution in [0.3, 0.4) is 0 Å². The molecule has 0 saturated carbocycles. The highest BCUT2D eigenvalue weighted by Crippen LogP contribution is 2.46. The van der Waals surface area contributed by atoms with Gasteiger partial charge in [-0.25, -0.2) is 0 Å². The van der Waals surface area contributed by atoms with Crippen LogP contribution in [0.2, 0.25) is 0 Å². The van der Waals surface area contributed by atoms with Crippen molar-refractivity contribution >= 4 is 14.4 Å². The molecule has 1 aliphatic heterocycles. The first-order valence-electron chi connectivity index (χ1n) is 15.8. The second kappa shape index (κ2) is 10.9. The summed E-state index contributed by atoms with van der Waals surface area (Å²) < 4.78 is 19.4. The normalized spacial score (nSPS) is 16.5. The average Bonchev–Trinajstić information content (AvgIpc) is 2.73. The van der Waals surface area contributed by atoms with E-state index in [-0.39, 0.29) is 47.1 Å². The Kier molecular flexibility index (Phi) is 8.98. The molecule has 0 bridgehead atoms. The van der Waals surface area contributed by atoms with Crippen molar-refractivity contribution in [3.05, 3.63) is 58.7 Å². The van der Waals surface area contributed by atoms with Gasteiger partial charge in [0, 0.05) is 11.1 Å². The zero-order valence-electron chi connectivity index (χ0n) is 30.3. The van der Waals surface area contributed by atoms with Crippen LogP contribution in [0.1, 0.15) is 147 Å². The van der Waals surface area contributed by atoms with Crippen molar-refractivity contribution in [1.29, 1.82) is 0 Å². The second-order valence-corrected chi connectivity index (χ2v) is 18.4. The summed E-state index contributed by atoms with van der Waals surface area (Å²) >= 11 is 0. The number of rotatable bonds is 4. The summed E-state index contributed by atoms with van der Waals surface area (Å²) in [4.78, 5) is 0. The number of hydrogen-bond donors (Lipinski definition) is 0. The fraction of sp³-hybridized carbons (Fsp3) is 0.667. The van der Waals surface area contributed by atoms with Crippen LogP contribution in [0.5, 0.6) is 11.5 Å². The molecule has 0 amide bonds. The van der Waals surface area contributed by atoms with E-state index >= 15 is 0 Å². The molecule has 2 aromatic rings. The third-order valence-electron chi connectivity index (χ3n) is 8.21. The average molecular weight is 575 g/mol. The molecule has 6 heteroatoms. The summed E-state index contributed by atoms with van der Waals surface area (Å²) in [7, 11) is -0.584. The van der Waals surface area contributed by atoms with Crippen LogP contribution in [0.15, 0.2) is 36.4 Å². The van der Waals surface area contributed by atoms with Gasteiger partial charge in [-0.05, 0) is 85.5 Å². The van der Waals surface area contributed by atoms with Gasteiger partial charge in [0.1, 0.15) is 11.5 Å². The van der Waals surface area contributed by atoms with Gasteiger partial charge in [-0.1, -0.05) is 119 Å². The minimum absolute atomic E-state index is 0.0668. The molecule has 0 unspecified atom stereocenters. The molecule has 4 nitrogen and oxygen atoms in total. The van der Waals surface area contributed by atoms with Crippen LogP contribution in [0.25, 0.3) is 0 Å². The van der Waals surface area contributed by atoms with E-state index in [1.165, 1.54) is 22.3 Å². The van der Waals surface area contributed by atoms with Crippen molar-refractivity contribution in [2.24, 2.45) is 0 Å². The van der Waals surface area contributed by atoms with Gasteiger partial charge in [0.25, 0.3) is 0 Å². The minimum atomic E-state index is -0.292. The van der Waals surface area contributed by atoms with Crippen molar-refractivity contribution in [2.75, 3.05) is 0 Å². The Bertz CT molecular complexity index is 1090. The van der Waals surface area contributed by atoms with E-state index in [2.05, 4.69) is 170 Å². The lowest BCUT2D eigenvalue weighted by atomic mass is 9.55. The third kappa shape index (κ3) is 7.07. The lowest BCUT2D eigenvalue weighted by Gasteiger charge is -2.59. The smallest absolute Gasteiger partial charge is 0.533 e. The lowest BCUT2D eigenvalue weighted by molar-refractivity contribution is 0.141. The Hall–Kier alpha value is -1.91. The fourth-order valence-corrected chi connectivity index (χ4v) is 5.87. The molecule has 0 N–H and O–H groups in total. The largest absolute Gasteiger partial charge is 0.534 e. The highest BCUT2D eigenvalue weighted by atomic mass is 16.5. The Morgan fingerprint density at radius 2 is 0.619 bits per heavy atom. The zero-order valence-corrected chi connectivity index (χ0v) is 30.3. The van der Waals surface area contributed by atoms with Gasteiger partial charge >= 0.3 is 14.4 Å². The van der Waals surface area contributed by atoms with Crippen LogP contribution in [-0.2, 0) is 21.7 Å². The predicted molar refractivity (Wildman–Crippen MR) is 184 cm³/mol. The van der Waals surface area contributed by atoms with Gasteiger partial charge in [0.2, 0.25) is 0 Å². The van der Waals surface area contributed by atoms with Gasteiger partial charge in [0.15, 0.2) is 0 Å². The number of para-hydroxylation sites is 2. The van der Waals surface area contributed by atoms with E-state index in [0.717, 1.165) is 11.5 Å². The molecule has 1 aliphatic rings. The lowest BCUT2D eigenvalue weighted by Crippen LogP contribution is -2.88. The molecule has 2 aromatic carbocycles. The quantitative estimate of drug-likeness (QED) is 0.340. The minimum Gasteiger partial charge on any atom is -0.533 e. The molecule has 0 atom stereocenters. The molecule has 0 radical (unpaired) electrons. The fourth-order valence-electron chi connectivity index (χ4n) is 5.87. The summed E-state index contributed by atoms with van der Waals surface area (Å²) in [6.07, 6.45) is 0. The zero-order chi connectivity index (χ0) is 32.4. The molecule has 0 aromatic heterocycles. The maximum absolute atomic E-state index is 7.28. The molecule has 0 spiro atoms. The summed E-state index contributed by atoms with van der Waals surface area (Å²) in [5, 5.41) is 0. The van der Waals surface area contributed by atoms with E-state index in [0.29, 0.717) is 0 Å². The molecule has 1 heterocycles. The van der Waals surface area contributed by atoms with Crippen molar-refractivity contribution in [3.8, 4) is 11.5 Å². The molecular weight excluding hydrogens is 514 g/mol. The molecule has 1 fully saturated rings. The van der Waals surface area contributed by atoms with Gasteiger partial charge in [0.05, 0.1) is 0 Å². The Morgan fingerprint density at radius 1 is 0.405 bits per heavy atom. The van der Waals surface area contributed by atoms with Crippen LogP contribution < -0.4 is 9.31 Å². The predicted octanol–water partition coefficient (Wildman–Crippen LogP) is 9.52. The summed E-state index contributed by atoms with van der Waals surface area (Å²) in [6, 6.07) is 13.3. The highest BCUT2D eigenvalue weighted by Gasteiger charge is 2.67. The Labute approximate surface area is 260 Å². The second-order valence-electron chi connectivity index (χ2n) is 18.4. The van der Waals surface area contributed by atoms with Crippen LogP contribution >= 0.6 is 0 Å². The number of hydrogen-bond acceptors (Lipinski definition) is 4. The van der Waals surface area contributed by atoms with Crippen molar-refractivity contribution in [1.82, 2.24) is 9.44 Å². The van der Waals surface area contributed by atoms with Crippen molar-refractivity contribution in [2.45, 2.75) is 157 Å². The molecular formula is C36H60B2N2O2. The SMILES string of the molecule is CC(C)(C)c1cccc(C(C)(C)C)c1OB1N(C(C)(C)C)B(Oc2c(C(C)(C)C)cccc2C(C)(C)C)N1C(C)(C)C. The monoisotopic (exact) mass is 574 g/mol. The summed E-state index contributed by atoms with van der Waals surface area (Å²) in [5.74, 6) is 1.99. The molecule has 1 saturated heterocycles. The van der Waals surface area contributed by atoms with Crippen LogP contribution in [0, 0.1) is 0 Å². The molecule has 42 heavy (non-hydrogen) atoms. The Morgan fingerprint density at radius 3 is 0.786 bits per heavy atom. The van der Waals surface area contributed by atoms with E-state index in [1.807, 2.05) is 0 Å². The first-order chi connectivity index (χ1) is 18.7. The Balaban J connectivity index is 2.24. The van der Waals surface area contributed by atoms with Crippen LogP contribution in [-0.4, -0.2) is 34.9 Å². The maximum Gasteiger partial charge on any atom is 0.534 e. The van der Waals surface area contributed by atoms with E-state index in [9.17, 15) is 0 Å². The topological polar surface area (TPSA) is 24.9 Å². The third-order valence-corrected chi connectivity index (χ3v) is 8.21. The molecule has 232 valence electrons. The van der Waals surface area contributed by atoms with Gasteiger partial charge in [-0.3, -0.25) is 9.44 Å². The first kappa shape index (κ1) is 34.6. The first-order valence-corrected chi connectivity index (χ1v) is 15.8. The molecule has 0 aliphatic carbocycles. The van der Waals surface area contributed by atoms with Gasteiger partial charge in [-0.2, -0.15) is 0 Å². The van der Waals surface area contributed by atoms with E-state index in [1.54, 1.807) is 0 Å². The standard InChI is InChI=1S/C36H60B2N2O2/c1-31(2,3)25-21-19-22-26(32(4,5)6)29(25)41-37-39(35(13,14)15)38(40(37)36(16,17)18)42-30-27(33(7,8)9)23-20-24-28(30)34(10,11)12/h19-24H,1-18H3. The summed E-state index contributed by atoms with van der Waals surface area (Å²) in [6.45, 7) is 40.9. The van der Waals surface area contributed by atoms with Crippen molar-refractivity contribution in [3.63, 3.8) is 0 Å². The van der Waals surface area contributed by atoms with Crippen LogP contribution in [0.4, 0.5) is 0 Å². The van der Waals surface area contributed by atoms with E-state index < -0.39 is 0 Å². The number of nitrogens with zero attached hydrogens (tertiary/aromatic N) is 2. The summed E-state index contributed by atoms with van der Waals surface area (Å²) in [5.41, 5.74) is 4.23. The van der Waals surface area contributed by atoms with Crippen molar-refractivity contribution < 1.29 is 9.31 Å². The maximum atomic E-state index is 7.28. The number of benzene rings is 2. The molecule has 3 rings (SSSR count).